The third-order valence-corrected chi connectivity index (χ3v) is 7.51. The Morgan fingerprint density at radius 1 is 1.31 bits per heavy atom. The van der Waals surface area contributed by atoms with Crippen LogP contribution in [-0.2, 0) is 16.6 Å². The fourth-order valence-electron chi connectivity index (χ4n) is 2.95. The quantitative estimate of drug-likeness (QED) is 0.610. The van der Waals surface area contributed by atoms with Crippen molar-refractivity contribution < 1.29 is 17.9 Å². The molecule has 152 valence electrons. The van der Waals surface area contributed by atoms with E-state index < -0.39 is 10.0 Å². The van der Waals surface area contributed by atoms with E-state index in [2.05, 4.69) is 10.3 Å². The standard InChI is InChI=1S/C19H18ClN3O4S2/c1-26-14-4-2-13(3-5-14)12-23(19-22-7-9-28-19)29(24,25)18-11-17-16(10-15(18)20)21-6-8-27-17/h2-5,7,9-11,21H,6,8,12H2,1H3. The Bertz CT molecular complexity index is 1100. The Morgan fingerprint density at radius 3 is 2.79 bits per heavy atom. The summed E-state index contributed by atoms with van der Waals surface area (Å²) in [6, 6.07) is 10.2. The average molecular weight is 452 g/mol. The molecule has 0 amide bonds. The lowest BCUT2D eigenvalue weighted by Crippen LogP contribution is -2.31. The molecule has 7 nitrogen and oxygen atoms in total. The number of hydrogen-bond donors (Lipinski definition) is 1. The highest BCUT2D eigenvalue weighted by Crippen LogP contribution is 2.38. The summed E-state index contributed by atoms with van der Waals surface area (Å²) >= 11 is 7.60. The number of fused-ring (bicyclic) bond motifs is 1. The zero-order valence-corrected chi connectivity index (χ0v) is 17.9. The Labute approximate surface area is 177 Å². The number of methoxy groups -OCH3 is 1. The van der Waals surface area contributed by atoms with Crippen molar-refractivity contribution in [3.05, 3.63) is 58.6 Å². The molecule has 10 heteroatoms. The first-order chi connectivity index (χ1) is 14.0. The molecule has 1 aliphatic heterocycles. The van der Waals surface area contributed by atoms with Gasteiger partial charge in [-0.1, -0.05) is 23.7 Å². The van der Waals surface area contributed by atoms with E-state index in [9.17, 15) is 8.42 Å². The summed E-state index contributed by atoms with van der Waals surface area (Å²) in [5, 5.41) is 5.36. The number of thiazole rings is 1. The van der Waals surface area contributed by atoms with Gasteiger partial charge >= 0.3 is 0 Å². The fraction of sp³-hybridized carbons (Fsp3) is 0.211. The molecule has 4 rings (SSSR count). The molecule has 29 heavy (non-hydrogen) atoms. The van der Waals surface area contributed by atoms with Gasteiger partial charge in [0.05, 0.1) is 24.4 Å². The maximum absolute atomic E-state index is 13.6. The highest BCUT2D eigenvalue weighted by Gasteiger charge is 2.31. The van der Waals surface area contributed by atoms with Crippen molar-refractivity contribution in [2.75, 3.05) is 29.9 Å². The van der Waals surface area contributed by atoms with E-state index in [1.54, 1.807) is 36.9 Å². The van der Waals surface area contributed by atoms with Crippen LogP contribution in [0.1, 0.15) is 5.56 Å². The number of rotatable bonds is 6. The van der Waals surface area contributed by atoms with Gasteiger partial charge in [-0.2, -0.15) is 0 Å². The molecule has 2 heterocycles. The van der Waals surface area contributed by atoms with E-state index in [1.807, 2.05) is 12.1 Å². The van der Waals surface area contributed by atoms with E-state index in [-0.39, 0.29) is 16.5 Å². The molecule has 0 radical (unpaired) electrons. The van der Waals surface area contributed by atoms with Gasteiger partial charge in [0.2, 0.25) is 0 Å². The Morgan fingerprint density at radius 2 is 2.10 bits per heavy atom. The molecule has 0 saturated carbocycles. The molecule has 0 spiro atoms. The SMILES string of the molecule is COc1ccc(CN(c2nccs2)S(=O)(=O)c2cc3c(cc2Cl)NCCO3)cc1. The molecule has 3 aromatic rings. The zero-order valence-electron chi connectivity index (χ0n) is 15.5. The molecule has 2 aromatic carbocycles. The Kier molecular flexibility index (Phi) is 5.53. The number of halogens is 1. The van der Waals surface area contributed by atoms with Gasteiger partial charge in [0, 0.05) is 24.2 Å². The third-order valence-electron chi connectivity index (χ3n) is 4.40. The second-order valence-corrected chi connectivity index (χ2v) is 9.34. The summed E-state index contributed by atoms with van der Waals surface area (Å²) in [4.78, 5) is 4.19. The number of ether oxygens (including phenoxy) is 2. The van der Waals surface area contributed by atoms with Gasteiger partial charge in [0.15, 0.2) is 5.13 Å². The summed E-state index contributed by atoms with van der Waals surface area (Å²) in [7, 11) is -2.41. The highest BCUT2D eigenvalue weighted by molar-refractivity contribution is 7.93. The van der Waals surface area contributed by atoms with E-state index in [4.69, 9.17) is 21.1 Å². The number of nitrogens with one attached hydrogen (secondary N) is 1. The normalized spacial score (nSPS) is 13.2. The Balaban J connectivity index is 1.75. The van der Waals surface area contributed by atoms with Crippen LogP contribution in [0.3, 0.4) is 0 Å². The third kappa shape index (κ3) is 3.98. The smallest absolute Gasteiger partial charge is 0.268 e. The molecule has 0 atom stereocenters. The zero-order chi connectivity index (χ0) is 20.4. The van der Waals surface area contributed by atoms with E-state index in [0.717, 1.165) is 5.56 Å². The second-order valence-electron chi connectivity index (χ2n) is 6.23. The molecule has 0 bridgehead atoms. The number of benzene rings is 2. The number of anilines is 2. The largest absolute Gasteiger partial charge is 0.497 e. The van der Waals surface area contributed by atoms with Crippen LogP contribution in [-0.4, -0.2) is 33.7 Å². The molecular weight excluding hydrogens is 434 g/mol. The number of sulfonamides is 1. The Hall–Kier alpha value is -2.49. The monoisotopic (exact) mass is 451 g/mol. The van der Waals surface area contributed by atoms with Crippen LogP contribution in [0.4, 0.5) is 10.8 Å². The minimum atomic E-state index is -3.99. The summed E-state index contributed by atoms with van der Waals surface area (Å²) in [5.41, 5.74) is 1.47. The summed E-state index contributed by atoms with van der Waals surface area (Å²) in [6.45, 7) is 1.20. The first-order valence-corrected chi connectivity index (χ1v) is 11.4. The maximum atomic E-state index is 13.6. The van der Waals surface area contributed by atoms with Crippen LogP contribution in [0.25, 0.3) is 0 Å². The second kappa shape index (κ2) is 8.10. The van der Waals surface area contributed by atoms with Gasteiger partial charge in [0.1, 0.15) is 23.0 Å². The van der Waals surface area contributed by atoms with Crippen LogP contribution in [0, 0.1) is 0 Å². The van der Waals surface area contributed by atoms with Gasteiger partial charge in [-0.15, -0.1) is 11.3 Å². The molecule has 0 saturated heterocycles. The van der Waals surface area contributed by atoms with Crippen molar-refractivity contribution in [3.63, 3.8) is 0 Å². The lowest BCUT2D eigenvalue weighted by atomic mass is 10.2. The van der Waals surface area contributed by atoms with Crippen molar-refractivity contribution in [1.29, 1.82) is 0 Å². The van der Waals surface area contributed by atoms with E-state index in [0.29, 0.717) is 35.5 Å². The molecule has 1 N–H and O–H groups in total. The van der Waals surface area contributed by atoms with Gasteiger partial charge in [-0.3, -0.25) is 0 Å². The van der Waals surface area contributed by atoms with Crippen LogP contribution in [0.5, 0.6) is 11.5 Å². The lowest BCUT2D eigenvalue weighted by Gasteiger charge is -2.25. The van der Waals surface area contributed by atoms with Crippen LogP contribution < -0.4 is 19.1 Å². The fourth-order valence-corrected chi connectivity index (χ4v) is 5.74. The van der Waals surface area contributed by atoms with Crippen molar-refractivity contribution in [1.82, 2.24) is 4.98 Å². The maximum Gasteiger partial charge on any atom is 0.268 e. The summed E-state index contributed by atoms with van der Waals surface area (Å²) in [5.74, 6) is 1.16. The van der Waals surface area contributed by atoms with Crippen molar-refractivity contribution in [3.8, 4) is 11.5 Å². The number of nitrogens with zero attached hydrogens (tertiary/aromatic N) is 2. The first kappa shape index (κ1) is 19.8. The van der Waals surface area contributed by atoms with Gasteiger partial charge in [0.25, 0.3) is 10.0 Å². The van der Waals surface area contributed by atoms with E-state index >= 15 is 0 Å². The molecule has 0 aliphatic carbocycles. The highest BCUT2D eigenvalue weighted by atomic mass is 35.5. The minimum Gasteiger partial charge on any atom is -0.497 e. The van der Waals surface area contributed by atoms with Gasteiger partial charge in [-0.05, 0) is 23.8 Å². The van der Waals surface area contributed by atoms with Crippen molar-refractivity contribution in [2.45, 2.75) is 11.4 Å². The number of hydrogen-bond acceptors (Lipinski definition) is 7. The van der Waals surface area contributed by atoms with Gasteiger partial charge in [-0.25, -0.2) is 17.7 Å². The van der Waals surface area contributed by atoms with E-state index in [1.165, 1.54) is 21.7 Å². The predicted molar refractivity (Wildman–Crippen MR) is 114 cm³/mol. The lowest BCUT2D eigenvalue weighted by molar-refractivity contribution is 0.322. The molecule has 0 fully saturated rings. The number of aromatic nitrogens is 1. The van der Waals surface area contributed by atoms with Crippen molar-refractivity contribution in [2.24, 2.45) is 0 Å². The molecule has 1 aliphatic rings. The summed E-state index contributed by atoms with van der Waals surface area (Å²) in [6.07, 6.45) is 1.57. The van der Waals surface area contributed by atoms with Gasteiger partial charge < -0.3 is 14.8 Å². The average Bonchev–Trinajstić information content (AvgIpc) is 3.26. The van der Waals surface area contributed by atoms with Crippen molar-refractivity contribution >= 4 is 43.8 Å². The first-order valence-electron chi connectivity index (χ1n) is 8.74. The summed E-state index contributed by atoms with van der Waals surface area (Å²) < 4.78 is 39.2. The van der Waals surface area contributed by atoms with Crippen LogP contribution in [0.2, 0.25) is 5.02 Å². The van der Waals surface area contributed by atoms with Crippen LogP contribution >= 0.6 is 22.9 Å². The van der Waals surface area contributed by atoms with Crippen LogP contribution in [0.15, 0.2) is 52.9 Å². The minimum absolute atomic E-state index is 0.0228. The molecule has 0 unspecified atom stereocenters. The molecular formula is C19H18ClN3O4S2. The topological polar surface area (TPSA) is 80.8 Å². The molecule has 1 aromatic heterocycles. The predicted octanol–water partition coefficient (Wildman–Crippen LogP) is 4.00.